The minimum Gasteiger partial charge on any atom is -0.497 e. The molecule has 0 aliphatic carbocycles. The van der Waals surface area contributed by atoms with Gasteiger partial charge in [0.1, 0.15) is 17.2 Å². The van der Waals surface area contributed by atoms with E-state index >= 15 is 0 Å². The Morgan fingerprint density at radius 3 is 2.66 bits per heavy atom. The number of methoxy groups -OCH3 is 1. The molecule has 8 heteroatoms. The number of ketones is 1. The van der Waals surface area contributed by atoms with Crippen LogP contribution >= 0.6 is 0 Å². The van der Waals surface area contributed by atoms with Crippen molar-refractivity contribution in [2.24, 2.45) is 0 Å². The first-order chi connectivity index (χ1) is 20.1. The third-order valence-corrected chi connectivity index (χ3v) is 7.18. The molecular weight excluding hydrogens is 514 g/mol. The molecule has 0 bridgehead atoms. The van der Waals surface area contributed by atoms with Crippen LogP contribution in [0, 0.1) is 11.3 Å². The number of nitrogens with zero attached hydrogens (tertiary/aromatic N) is 3. The number of imidazole rings is 1. The highest BCUT2D eigenvalue weighted by atomic mass is 16.5. The monoisotopic (exact) mass is 537 g/mol. The van der Waals surface area contributed by atoms with Gasteiger partial charge in [-0.2, -0.15) is 5.26 Å². The molecule has 41 heavy (non-hydrogen) atoms. The van der Waals surface area contributed by atoms with E-state index in [0.29, 0.717) is 45.9 Å². The largest absolute Gasteiger partial charge is 0.497 e. The number of benzene rings is 4. The summed E-state index contributed by atoms with van der Waals surface area (Å²) in [5.41, 5.74) is 6.64. The van der Waals surface area contributed by atoms with E-state index in [1.807, 2.05) is 54.6 Å². The predicted octanol–water partition coefficient (Wildman–Crippen LogP) is 6.79. The molecule has 3 heterocycles. The van der Waals surface area contributed by atoms with Gasteiger partial charge in [-0.25, -0.2) is 9.50 Å². The number of aromatic nitrogens is 4. The minimum absolute atomic E-state index is 0.153. The van der Waals surface area contributed by atoms with Crippen LogP contribution in [0.2, 0.25) is 0 Å². The van der Waals surface area contributed by atoms with Crippen LogP contribution in [0.25, 0.3) is 27.6 Å². The Hall–Kier alpha value is -5.81. The van der Waals surface area contributed by atoms with Gasteiger partial charge in [0.05, 0.1) is 41.0 Å². The summed E-state index contributed by atoms with van der Waals surface area (Å²) in [7, 11) is 1.66. The van der Waals surface area contributed by atoms with E-state index in [4.69, 9.17) is 19.7 Å². The van der Waals surface area contributed by atoms with Gasteiger partial charge in [0.25, 0.3) is 0 Å². The summed E-state index contributed by atoms with van der Waals surface area (Å²) < 4.78 is 13.1. The van der Waals surface area contributed by atoms with Crippen molar-refractivity contribution >= 4 is 33.4 Å². The Bertz CT molecular complexity index is 2140. The van der Waals surface area contributed by atoms with E-state index in [9.17, 15) is 4.79 Å². The molecule has 0 radical (unpaired) electrons. The maximum absolute atomic E-state index is 13.7. The van der Waals surface area contributed by atoms with Crippen LogP contribution in [0.15, 0.2) is 97.2 Å². The van der Waals surface area contributed by atoms with Crippen molar-refractivity contribution in [3.05, 3.63) is 125 Å². The molecule has 0 atom stereocenters. The Morgan fingerprint density at radius 2 is 1.78 bits per heavy atom. The van der Waals surface area contributed by atoms with Gasteiger partial charge in [0, 0.05) is 23.2 Å². The van der Waals surface area contributed by atoms with E-state index in [-0.39, 0.29) is 5.78 Å². The maximum Gasteiger partial charge on any atom is 0.214 e. The highest BCUT2D eigenvalue weighted by Gasteiger charge is 2.21. The standard InChI is InChI=1S/C33H23N5O3/c1-40-23-8-2-5-20(14-23)13-22-7-4-10-28-26(22)17-30(36-28)32(39)27-19-35-38-31-12-11-25(16-29(31)37-33(27)38)41-24-9-3-6-21(15-24)18-34/h2-12,14-17,19,35-36H,13H2,1H3. The van der Waals surface area contributed by atoms with E-state index in [0.717, 1.165) is 33.3 Å². The first-order valence-electron chi connectivity index (χ1n) is 13.1. The Kier molecular flexibility index (Phi) is 5.76. The molecule has 7 aromatic rings. The lowest BCUT2D eigenvalue weighted by Gasteiger charge is -2.06. The minimum atomic E-state index is -0.153. The summed E-state index contributed by atoms with van der Waals surface area (Å²) in [4.78, 5) is 21.8. The molecule has 0 saturated heterocycles. The van der Waals surface area contributed by atoms with Crippen LogP contribution in [0.5, 0.6) is 17.2 Å². The van der Waals surface area contributed by atoms with Crippen LogP contribution in [0.4, 0.5) is 0 Å². The number of carbonyl (C=O) groups excluding carboxylic acids is 1. The molecule has 0 spiro atoms. The number of H-pyrrole nitrogens is 2. The van der Waals surface area contributed by atoms with Gasteiger partial charge in [0.15, 0.2) is 5.65 Å². The number of nitrogens with one attached hydrogen (secondary N) is 2. The van der Waals surface area contributed by atoms with Gasteiger partial charge < -0.3 is 14.5 Å². The summed E-state index contributed by atoms with van der Waals surface area (Å²) in [5, 5.41) is 13.3. The highest BCUT2D eigenvalue weighted by molar-refractivity contribution is 6.14. The molecule has 4 aromatic carbocycles. The Balaban J connectivity index is 1.21. The fraction of sp³-hybridized carbons (Fsp3) is 0.0606. The zero-order valence-corrected chi connectivity index (χ0v) is 22.0. The first kappa shape index (κ1) is 24.2. The second-order valence-corrected chi connectivity index (χ2v) is 9.77. The van der Waals surface area contributed by atoms with Crippen LogP contribution in [0.1, 0.15) is 32.7 Å². The van der Waals surface area contributed by atoms with E-state index in [2.05, 4.69) is 28.3 Å². The topological polar surface area (TPSA) is 108 Å². The summed E-state index contributed by atoms with van der Waals surface area (Å²) in [6, 6.07) is 30.6. The van der Waals surface area contributed by atoms with Crippen molar-refractivity contribution < 1.29 is 14.3 Å². The van der Waals surface area contributed by atoms with Crippen LogP contribution in [-0.4, -0.2) is 32.5 Å². The first-order valence-corrected chi connectivity index (χ1v) is 13.1. The van der Waals surface area contributed by atoms with Gasteiger partial charge in [-0.3, -0.25) is 9.89 Å². The van der Waals surface area contributed by atoms with Gasteiger partial charge in [-0.05, 0) is 72.1 Å². The van der Waals surface area contributed by atoms with Gasteiger partial charge in [-0.15, -0.1) is 0 Å². The molecule has 0 saturated carbocycles. The molecule has 3 aromatic heterocycles. The molecule has 7 rings (SSSR count). The van der Waals surface area contributed by atoms with Gasteiger partial charge in [0.2, 0.25) is 5.78 Å². The molecule has 198 valence electrons. The Labute approximate surface area is 234 Å². The average molecular weight is 538 g/mol. The number of ether oxygens (including phenoxy) is 2. The van der Waals surface area contributed by atoms with Crippen molar-refractivity contribution in [3.8, 4) is 23.3 Å². The maximum atomic E-state index is 13.7. The van der Waals surface area contributed by atoms with Crippen molar-refractivity contribution in [1.29, 1.82) is 5.26 Å². The molecular formula is C33H23N5O3. The molecule has 0 amide bonds. The lowest BCUT2D eigenvalue weighted by molar-refractivity contribution is 0.103. The fourth-order valence-corrected chi connectivity index (χ4v) is 5.20. The second-order valence-electron chi connectivity index (χ2n) is 9.77. The van der Waals surface area contributed by atoms with Crippen molar-refractivity contribution in [2.75, 3.05) is 7.11 Å². The number of aromatic amines is 2. The zero-order chi connectivity index (χ0) is 27.9. The predicted molar refractivity (Wildman–Crippen MR) is 156 cm³/mol. The molecule has 0 aliphatic rings. The molecule has 0 fully saturated rings. The highest BCUT2D eigenvalue weighted by Crippen LogP contribution is 2.29. The van der Waals surface area contributed by atoms with Crippen molar-refractivity contribution in [1.82, 2.24) is 19.6 Å². The summed E-state index contributed by atoms with van der Waals surface area (Å²) in [5.74, 6) is 1.81. The molecule has 2 N–H and O–H groups in total. The van der Waals surface area contributed by atoms with Crippen LogP contribution < -0.4 is 9.47 Å². The third-order valence-electron chi connectivity index (χ3n) is 7.18. The summed E-state index contributed by atoms with van der Waals surface area (Å²) >= 11 is 0. The van der Waals surface area contributed by atoms with Gasteiger partial charge >= 0.3 is 0 Å². The summed E-state index contributed by atoms with van der Waals surface area (Å²) in [6.45, 7) is 0. The number of nitriles is 1. The lowest BCUT2D eigenvalue weighted by Crippen LogP contribution is -2.01. The van der Waals surface area contributed by atoms with E-state index in [1.54, 1.807) is 42.1 Å². The third kappa shape index (κ3) is 4.36. The number of rotatable bonds is 7. The van der Waals surface area contributed by atoms with Crippen molar-refractivity contribution in [3.63, 3.8) is 0 Å². The molecule has 0 unspecified atom stereocenters. The SMILES string of the molecule is COc1cccc(Cc2cccc3[nH]c(C(=O)c4c[nH]n5c4nc4cc(Oc6cccc(C#N)c6)ccc45)cc23)c1. The smallest absolute Gasteiger partial charge is 0.214 e. The normalized spacial score (nSPS) is 11.2. The van der Waals surface area contributed by atoms with E-state index in [1.165, 1.54) is 0 Å². The summed E-state index contributed by atoms with van der Waals surface area (Å²) in [6.07, 6.45) is 2.40. The van der Waals surface area contributed by atoms with Crippen molar-refractivity contribution in [2.45, 2.75) is 6.42 Å². The molecule has 0 aliphatic heterocycles. The Morgan fingerprint density at radius 1 is 0.951 bits per heavy atom. The number of carbonyl (C=O) groups is 1. The second kappa shape index (κ2) is 9.74. The number of fused-ring (bicyclic) bond motifs is 4. The zero-order valence-electron chi connectivity index (χ0n) is 22.0. The van der Waals surface area contributed by atoms with E-state index < -0.39 is 0 Å². The quantitative estimate of drug-likeness (QED) is 0.218. The van der Waals surface area contributed by atoms with Crippen LogP contribution in [0.3, 0.4) is 0 Å². The lowest BCUT2D eigenvalue weighted by atomic mass is 10.0. The van der Waals surface area contributed by atoms with Crippen LogP contribution in [-0.2, 0) is 6.42 Å². The molecule has 8 nitrogen and oxygen atoms in total. The fourth-order valence-electron chi connectivity index (χ4n) is 5.20. The number of hydrogen-bond donors (Lipinski definition) is 2. The van der Waals surface area contributed by atoms with Gasteiger partial charge in [-0.1, -0.05) is 30.3 Å². The number of hydrogen-bond acceptors (Lipinski definition) is 5. The average Bonchev–Trinajstić information content (AvgIpc) is 3.71.